The van der Waals surface area contributed by atoms with Gasteiger partial charge in [-0.05, 0) is 55.7 Å². The first-order chi connectivity index (χ1) is 11.5. The normalized spacial score (nSPS) is 11.8. The first-order valence-electron chi connectivity index (χ1n) is 7.95. The second-order valence-electron chi connectivity index (χ2n) is 5.33. The highest BCUT2D eigenvalue weighted by atomic mass is 16.5. The van der Waals surface area contributed by atoms with Crippen LogP contribution in [0.15, 0.2) is 42.5 Å². The molecule has 0 heterocycles. The molecule has 5 heteroatoms. The number of ether oxygens (including phenoxy) is 2. The molecule has 0 bridgehead atoms. The first kappa shape index (κ1) is 17.7. The van der Waals surface area contributed by atoms with Crippen LogP contribution >= 0.6 is 0 Å². The Balaban J connectivity index is 2.27. The van der Waals surface area contributed by atoms with Gasteiger partial charge in [-0.25, -0.2) is 0 Å². The predicted octanol–water partition coefficient (Wildman–Crippen LogP) is 3.60. The molecule has 0 saturated carbocycles. The Morgan fingerprint density at radius 2 is 1.62 bits per heavy atom. The Bertz CT molecular complexity index is 679. The number of carboxylic acids is 1. The molecule has 1 atom stereocenters. The quantitative estimate of drug-likeness (QED) is 0.773. The Labute approximate surface area is 141 Å². The highest BCUT2D eigenvalue weighted by Gasteiger charge is 2.21. The summed E-state index contributed by atoms with van der Waals surface area (Å²) in [6, 6.07) is 11.7. The summed E-state index contributed by atoms with van der Waals surface area (Å²) in [5.41, 5.74) is 1.49. The van der Waals surface area contributed by atoms with Gasteiger partial charge in [0.25, 0.3) is 0 Å². The topological polar surface area (TPSA) is 76.0 Å². The molecule has 2 aromatic carbocycles. The molecule has 0 saturated heterocycles. The SMILES string of the molecule is CCOc1ccc(CC(C(=O)O)c2ccc(O)cc2)cc1OCC. The fourth-order valence-electron chi connectivity index (χ4n) is 2.51. The third-order valence-corrected chi connectivity index (χ3v) is 3.64. The van der Waals surface area contributed by atoms with Gasteiger partial charge in [0, 0.05) is 0 Å². The number of hydrogen-bond acceptors (Lipinski definition) is 4. The molecule has 0 aliphatic rings. The van der Waals surface area contributed by atoms with Crippen molar-refractivity contribution in [1.82, 2.24) is 0 Å². The number of hydrogen-bond donors (Lipinski definition) is 2. The standard InChI is InChI=1S/C19H22O5/c1-3-23-17-10-5-13(12-18(17)24-4-2)11-16(19(21)22)14-6-8-15(20)9-7-14/h5-10,12,16,20H,3-4,11H2,1-2H3,(H,21,22). The maximum Gasteiger partial charge on any atom is 0.311 e. The highest BCUT2D eigenvalue weighted by Crippen LogP contribution is 2.31. The lowest BCUT2D eigenvalue weighted by Crippen LogP contribution is -2.14. The van der Waals surface area contributed by atoms with Gasteiger partial charge in [-0.15, -0.1) is 0 Å². The van der Waals surface area contributed by atoms with Crippen molar-refractivity contribution in [2.75, 3.05) is 13.2 Å². The lowest BCUT2D eigenvalue weighted by molar-refractivity contribution is -0.138. The highest BCUT2D eigenvalue weighted by molar-refractivity contribution is 5.76. The van der Waals surface area contributed by atoms with Gasteiger partial charge >= 0.3 is 5.97 Å². The van der Waals surface area contributed by atoms with E-state index in [0.717, 1.165) is 5.56 Å². The van der Waals surface area contributed by atoms with Crippen LogP contribution < -0.4 is 9.47 Å². The van der Waals surface area contributed by atoms with Crippen LogP contribution in [0.2, 0.25) is 0 Å². The van der Waals surface area contributed by atoms with Crippen molar-refractivity contribution in [2.24, 2.45) is 0 Å². The number of carboxylic acid groups (broad SMARTS) is 1. The van der Waals surface area contributed by atoms with Crippen LogP contribution in [0.4, 0.5) is 0 Å². The van der Waals surface area contributed by atoms with Crippen LogP contribution in [-0.2, 0) is 11.2 Å². The van der Waals surface area contributed by atoms with Gasteiger partial charge in [-0.1, -0.05) is 18.2 Å². The molecule has 2 aromatic rings. The molecule has 128 valence electrons. The lowest BCUT2D eigenvalue weighted by atomic mass is 9.92. The van der Waals surface area contributed by atoms with Crippen molar-refractivity contribution < 1.29 is 24.5 Å². The van der Waals surface area contributed by atoms with Gasteiger partial charge in [0.2, 0.25) is 0 Å². The summed E-state index contributed by atoms with van der Waals surface area (Å²) >= 11 is 0. The smallest absolute Gasteiger partial charge is 0.311 e. The average Bonchev–Trinajstić information content (AvgIpc) is 2.56. The van der Waals surface area contributed by atoms with Crippen LogP contribution in [0.5, 0.6) is 17.2 Å². The number of phenols is 1. The molecule has 2 rings (SSSR count). The Morgan fingerprint density at radius 3 is 2.21 bits per heavy atom. The van der Waals surface area contributed by atoms with E-state index in [-0.39, 0.29) is 5.75 Å². The Kier molecular flexibility index (Phi) is 6.07. The van der Waals surface area contributed by atoms with Crippen molar-refractivity contribution in [2.45, 2.75) is 26.2 Å². The summed E-state index contributed by atoms with van der Waals surface area (Å²) in [6.45, 7) is 4.82. The lowest BCUT2D eigenvalue weighted by Gasteiger charge is -2.16. The number of carbonyl (C=O) groups is 1. The van der Waals surface area contributed by atoms with Crippen molar-refractivity contribution in [3.05, 3.63) is 53.6 Å². The molecule has 2 N–H and O–H groups in total. The van der Waals surface area contributed by atoms with Crippen LogP contribution in [-0.4, -0.2) is 29.4 Å². The molecule has 1 unspecified atom stereocenters. The summed E-state index contributed by atoms with van der Waals surface area (Å²) in [5, 5.41) is 18.9. The van der Waals surface area contributed by atoms with E-state index in [9.17, 15) is 15.0 Å². The Morgan fingerprint density at radius 1 is 1.00 bits per heavy atom. The summed E-state index contributed by atoms with van der Waals surface area (Å²) < 4.78 is 11.1. The molecule has 0 aliphatic carbocycles. The minimum Gasteiger partial charge on any atom is -0.508 e. The number of aromatic hydroxyl groups is 1. The summed E-state index contributed by atoms with van der Waals surface area (Å²) in [5.74, 6) is -0.223. The predicted molar refractivity (Wildman–Crippen MR) is 91.0 cm³/mol. The zero-order valence-electron chi connectivity index (χ0n) is 13.9. The van der Waals surface area contributed by atoms with Gasteiger partial charge in [-0.3, -0.25) is 4.79 Å². The summed E-state index contributed by atoms with van der Waals surface area (Å²) in [4.78, 5) is 11.7. The molecule has 0 aliphatic heterocycles. The van der Waals surface area contributed by atoms with E-state index < -0.39 is 11.9 Å². The van der Waals surface area contributed by atoms with E-state index in [2.05, 4.69) is 0 Å². The van der Waals surface area contributed by atoms with E-state index in [1.54, 1.807) is 18.2 Å². The monoisotopic (exact) mass is 330 g/mol. The van der Waals surface area contributed by atoms with Crippen LogP contribution in [0.1, 0.15) is 30.9 Å². The van der Waals surface area contributed by atoms with Crippen LogP contribution in [0.25, 0.3) is 0 Å². The van der Waals surface area contributed by atoms with E-state index in [1.165, 1.54) is 12.1 Å². The molecule has 0 radical (unpaired) electrons. The molecule has 0 fully saturated rings. The summed E-state index contributed by atoms with van der Waals surface area (Å²) in [7, 11) is 0. The van der Waals surface area contributed by atoms with Crippen molar-refractivity contribution in [3.63, 3.8) is 0 Å². The van der Waals surface area contributed by atoms with Gasteiger partial charge < -0.3 is 19.7 Å². The number of rotatable bonds is 8. The van der Waals surface area contributed by atoms with E-state index in [0.29, 0.717) is 36.7 Å². The third kappa shape index (κ3) is 4.41. The average molecular weight is 330 g/mol. The first-order valence-corrected chi connectivity index (χ1v) is 7.95. The fourth-order valence-corrected chi connectivity index (χ4v) is 2.51. The van der Waals surface area contributed by atoms with E-state index in [1.807, 2.05) is 26.0 Å². The number of aliphatic carboxylic acids is 1. The fraction of sp³-hybridized carbons (Fsp3) is 0.316. The van der Waals surface area contributed by atoms with E-state index >= 15 is 0 Å². The molecule has 5 nitrogen and oxygen atoms in total. The van der Waals surface area contributed by atoms with Crippen LogP contribution in [0.3, 0.4) is 0 Å². The molecule has 0 aromatic heterocycles. The zero-order valence-corrected chi connectivity index (χ0v) is 13.9. The molecular formula is C19H22O5. The van der Waals surface area contributed by atoms with Crippen molar-refractivity contribution in [1.29, 1.82) is 0 Å². The molecule has 24 heavy (non-hydrogen) atoms. The molecule has 0 amide bonds. The van der Waals surface area contributed by atoms with Gasteiger partial charge in [0.05, 0.1) is 19.1 Å². The third-order valence-electron chi connectivity index (χ3n) is 3.64. The maximum atomic E-state index is 11.7. The van der Waals surface area contributed by atoms with Gasteiger partial charge in [-0.2, -0.15) is 0 Å². The van der Waals surface area contributed by atoms with E-state index in [4.69, 9.17) is 9.47 Å². The number of phenolic OH excluding ortho intramolecular Hbond substituents is 1. The second kappa shape index (κ2) is 8.24. The number of benzene rings is 2. The van der Waals surface area contributed by atoms with Crippen molar-refractivity contribution in [3.8, 4) is 17.2 Å². The summed E-state index contributed by atoms with van der Waals surface area (Å²) in [6.07, 6.45) is 0.326. The Hall–Kier alpha value is -2.69. The van der Waals surface area contributed by atoms with Gasteiger partial charge in [0.1, 0.15) is 5.75 Å². The maximum absolute atomic E-state index is 11.7. The molecular weight excluding hydrogens is 308 g/mol. The largest absolute Gasteiger partial charge is 0.508 e. The second-order valence-corrected chi connectivity index (χ2v) is 5.33. The minimum absolute atomic E-state index is 0.114. The van der Waals surface area contributed by atoms with Crippen LogP contribution in [0, 0.1) is 0 Å². The van der Waals surface area contributed by atoms with Crippen molar-refractivity contribution >= 4 is 5.97 Å². The van der Waals surface area contributed by atoms with Gasteiger partial charge in [0.15, 0.2) is 11.5 Å². The molecule has 0 spiro atoms. The zero-order chi connectivity index (χ0) is 17.5. The minimum atomic E-state index is -0.910.